The van der Waals surface area contributed by atoms with Crippen LogP contribution in [0.4, 0.5) is 4.39 Å². The molecular weight excluding hydrogens is 354 g/mol. The molecule has 5 heteroatoms. The third kappa shape index (κ3) is 2.94. The summed E-state index contributed by atoms with van der Waals surface area (Å²) in [5.41, 5.74) is 7.50. The van der Waals surface area contributed by atoms with Crippen LogP contribution in [0.5, 0.6) is 0 Å². The van der Waals surface area contributed by atoms with Crippen molar-refractivity contribution in [2.75, 3.05) is 0 Å². The lowest BCUT2D eigenvalue weighted by molar-refractivity contribution is 0.616. The van der Waals surface area contributed by atoms with E-state index in [1.807, 2.05) is 12.1 Å². The van der Waals surface area contributed by atoms with Gasteiger partial charge in [0.15, 0.2) is 0 Å². The van der Waals surface area contributed by atoms with Gasteiger partial charge in [-0.05, 0) is 51.9 Å². The molecule has 2 aromatic rings. The summed E-state index contributed by atoms with van der Waals surface area (Å²) in [6, 6.07) is 6.50. The van der Waals surface area contributed by atoms with Gasteiger partial charge in [0.2, 0.25) is 0 Å². The van der Waals surface area contributed by atoms with Gasteiger partial charge < -0.3 is 5.73 Å². The molecule has 88 valence electrons. The molecule has 0 bridgehead atoms. The molecule has 0 aliphatic carbocycles. The summed E-state index contributed by atoms with van der Waals surface area (Å²) in [5.74, 6) is -0.394. The Morgan fingerprint density at radius 1 is 1.24 bits per heavy atom. The Balaban J connectivity index is 2.36. The molecule has 1 atom stereocenters. The fraction of sp³-hybridized carbons (Fsp3) is 0.0833. The smallest absolute Gasteiger partial charge is 0.141 e. The van der Waals surface area contributed by atoms with Gasteiger partial charge in [-0.15, -0.1) is 0 Å². The van der Waals surface area contributed by atoms with Gasteiger partial charge in [-0.3, -0.25) is 4.98 Å². The maximum atomic E-state index is 13.0. The molecule has 2 nitrogen and oxygen atoms in total. The molecule has 1 aromatic carbocycles. The van der Waals surface area contributed by atoms with Crippen molar-refractivity contribution in [3.8, 4) is 0 Å². The second kappa shape index (κ2) is 5.29. The molecule has 1 unspecified atom stereocenters. The number of benzene rings is 1. The van der Waals surface area contributed by atoms with Gasteiger partial charge in [0.1, 0.15) is 5.82 Å². The minimum Gasteiger partial charge on any atom is -0.320 e. The van der Waals surface area contributed by atoms with E-state index in [-0.39, 0.29) is 0 Å². The van der Waals surface area contributed by atoms with E-state index in [9.17, 15) is 4.39 Å². The summed E-state index contributed by atoms with van der Waals surface area (Å²) in [4.78, 5) is 3.78. The summed E-state index contributed by atoms with van der Waals surface area (Å²) in [5, 5.41) is 0.642. The quantitative estimate of drug-likeness (QED) is 0.830. The van der Waals surface area contributed by atoms with Crippen LogP contribution in [-0.2, 0) is 0 Å². The topological polar surface area (TPSA) is 38.9 Å². The van der Waals surface area contributed by atoms with E-state index in [4.69, 9.17) is 17.3 Å². The molecule has 0 spiro atoms. The first-order chi connectivity index (χ1) is 8.08. The SMILES string of the molecule is NC(c1cncc(F)c1)c1ccc(I)c(Cl)c1. The van der Waals surface area contributed by atoms with Gasteiger partial charge in [-0.1, -0.05) is 17.7 Å². The van der Waals surface area contributed by atoms with Crippen LogP contribution in [-0.4, -0.2) is 4.98 Å². The molecule has 0 saturated heterocycles. The number of pyridine rings is 1. The van der Waals surface area contributed by atoms with Crippen LogP contribution in [0.1, 0.15) is 17.2 Å². The molecule has 0 radical (unpaired) electrons. The summed E-state index contributed by atoms with van der Waals surface area (Å²) in [6.07, 6.45) is 2.71. The van der Waals surface area contributed by atoms with Crippen LogP contribution >= 0.6 is 34.2 Å². The Labute approximate surface area is 117 Å². The minimum absolute atomic E-state index is 0.394. The molecule has 0 saturated carbocycles. The fourth-order valence-electron chi connectivity index (χ4n) is 1.50. The zero-order valence-electron chi connectivity index (χ0n) is 8.70. The Morgan fingerprint density at radius 3 is 2.65 bits per heavy atom. The predicted molar refractivity (Wildman–Crippen MR) is 74.4 cm³/mol. The third-order valence-corrected chi connectivity index (χ3v) is 3.96. The van der Waals surface area contributed by atoms with E-state index in [0.29, 0.717) is 10.6 Å². The molecule has 0 aliphatic rings. The van der Waals surface area contributed by atoms with E-state index in [2.05, 4.69) is 27.6 Å². The Bertz CT molecular complexity index is 548. The molecule has 0 aliphatic heterocycles. The number of hydrogen-bond acceptors (Lipinski definition) is 2. The molecule has 1 aromatic heterocycles. The summed E-state index contributed by atoms with van der Waals surface area (Å²) in [6.45, 7) is 0. The lowest BCUT2D eigenvalue weighted by Crippen LogP contribution is -2.12. The first kappa shape index (κ1) is 12.7. The van der Waals surface area contributed by atoms with Crippen LogP contribution in [0, 0.1) is 9.39 Å². The van der Waals surface area contributed by atoms with Crippen molar-refractivity contribution in [3.63, 3.8) is 0 Å². The average molecular weight is 363 g/mol. The highest BCUT2D eigenvalue weighted by Gasteiger charge is 2.11. The first-order valence-electron chi connectivity index (χ1n) is 4.89. The summed E-state index contributed by atoms with van der Waals surface area (Å²) >= 11 is 8.16. The standard InChI is InChI=1S/C12H9ClFIN2/c13-10-4-7(1-2-11(10)15)12(16)8-3-9(14)6-17-5-8/h1-6,12H,16H2. The number of aromatic nitrogens is 1. The summed E-state index contributed by atoms with van der Waals surface area (Å²) < 4.78 is 14.0. The minimum atomic E-state index is -0.423. The molecule has 2 rings (SSSR count). The van der Waals surface area contributed by atoms with Gasteiger partial charge in [0.05, 0.1) is 17.3 Å². The Morgan fingerprint density at radius 2 is 2.00 bits per heavy atom. The number of rotatable bonds is 2. The molecule has 1 heterocycles. The highest BCUT2D eigenvalue weighted by Crippen LogP contribution is 2.25. The normalized spacial score (nSPS) is 12.5. The molecule has 17 heavy (non-hydrogen) atoms. The number of nitrogens with zero attached hydrogens (tertiary/aromatic N) is 1. The average Bonchev–Trinajstić information content (AvgIpc) is 2.32. The van der Waals surface area contributed by atoms with Crippen molar-refractivity contribution in [3.05, 3.63) is 62.2 Å². The van der Waals surface area contributed by atoms with Crippen LogP contribution in [0.15, 0.2) is 36.7 Å². The number of hydrogen-bond donors (Lipinski definition) is 1. The van der Waals surface area contributed by atoms with E-state index in [1.54, 1.807) is 12.3 Å². The lowest BCUT2D eigenvalue weighted by Gasteiger charge is -2.12. The van der Waals surface area contributed by atoms with E-state index in [1.165, 1.54) is 6.07 Å². The first-order valence-corrected chi connectivity index (χ1v) is 6.34. The second-order valence-electron chi connectivity index (χ2n) is 3.59. The van der Waals surface area contributed by atoms with E-state index in [0.717, 1.165) is 15.3 Å². The fourth-order valence-corrected chi connectivity index (χ4v) is 2.02. The number of nitrogens with two attached hydrogens (primary N) is 1. The second-order valence-corrected chi connectivity index (χ2v) is 5.16. The van der Waals surface area contributed by atoms with Gasteiger partial charge in [0, 0.05) is 9.77 Å². The molecule has 0 fully saturated rings. The van der Waals surface area contributed by atoms with Gasteiger partial charge in [-0.2, -0.15) is 0 Å². The molecule has 0 amide bonds. The van der Waals surface area contributed by atoms with Gasteiger partial charge >= 0.3 is 0 Å². The van der Waals surface area contributed by atoms with Crippen LogP contribution in [0.2, 0.25) is 5.02 Å². The largest absolute Gasteiger partial charge is 0.320 e. The monoisotopic (exact) mass is 362 g/mol. The van der Waals surface area contributed by atoms with E-state index >= 15 is 0 Å². The van der Waals surface area contributed by atoms with Crippen molar-refractivity contribution in [2.45, 2.75) is 6.04 Å². The van der Waals surface area contributed by atoms with Crippen LogP contribution in [0.3, 0.4) is 0 Å². The highest BCUT2D eigenvalue weighted by atomic mass is 127. The Hall–Kier alpha value is -0.720. The maximum Gasteiger partial charge on any atom is 0.141 e. The van der Waals surface area contributed by atoms with Crippen molar-refractivity contribution in [2.24, 2.45) is 5.73 Å². The molecular formula is C12H9ClFIN2. The predicted octanol–water partition coefficient (Wildman–Crippen LogP) is 3.53. The zero-order valence-corrected chi connectivity index (χ0v) is 11.6. The van der Waals surface area contributed by atoms with Crippen molar-refractivity contribution < 1.29 is 4.39 Å². The lowest BCUT2D eigenvalue weighted by atomic mass is 10.0. The van der Waals surface area contributed by atoms with Gasteiger partial charge in [-0.25, -0.2) is 4.39 Å². The molecule has 2 N–H and O–H groups in total. The maximum absolute atomic E-state index is 13.0. The van der Waals surface area contributed by atoms with Crippen LogP contribution in [0.25, 0.3) is 0 Å². The third-order valence-electron chi connectivity index (χ3n) is 2.39. The van der Waals surface area contributed by atoms with Crippen LogP contribution < -0.4 is 5.73 Å². The highest BCUT2D eigenvalue weighted by molar-refractivity contribution is 14.1. The number of halogens is 3. The zero-order chi connectivity index (χ0) is 12.4. The van der Waals surface area contributed by atoms with Gasteiger partial charge in [0.25, 0.3) is 0 Å². The summed E-state index contributed by atoms with van der Waals surface area (Å²) in [7, 11) is 0. The Kier molecular flexibility index (Phi) is 3.96. The van der Waals surface area contributed by atoms with Crippen molar-refractivity contribution >= 4 is 34.2 Å². The van der Waals surface area contributed by atoms with Crippen molar-refractivity contribution in [1.82, 2.24) is 4.98 Å². The van der Waals surface area contributed by atoms with Crippen molar-refractivity contribution in [1.29, 1.82) is 0 Å². The van der Waals surface area contributed by atoms with E-state index < -0.39 is 11.9 Å².